The van der Waals surface area contributed by atoms with Crippen molar-refractivity contribution < 1.29 is 48.6 Å². The van der Waals surface area contributed by atoms with Gasteiger partial charge < -0.3 is 49.6 Å². The summed E-state index contributed by atoms with van der Waals surface area (Å²) in [6, 6.07) is -1.69. The smallest absolute Gasteiger partial charge is 0.217 e. The first-order valence-electron chi connectivity index (χ1n) is 13.3. The highest BCUT2D eigenvalue weighted by atomic mass is 16.7. The van der Waals surface area contributed by atoms with Crippen molar-refractivity contribution in [3.63, 3.8) is 0 Å². The van der Waals surface area contributed by atoms with Gasteiger partial charge in [-0.3, -0.25) is 9.59 Å². The summed E-state index contributed by atoms with van der Waals surface area (Å²) in [6.45, 7) is 9.16. The van der Waals surface area contributed by atoms with E-state index in [4.69, 9.17) is 23.7 Å². The number of aliphatic hydroxyl groups is 3. The molecule has 0 saturated carbocycles. The SMILES string of the molecule is CCCCOCC1OC(C)[C@@H](NC(C)=O)[C@@H](OCCCC)C1O[C@@H]1O[C@@H](CO)[C@@H](O)C(O)C1NC(C)=O. The number of nitrogens with one attached hydrogen (secondary N) is 2. The molecule has 5 N–H and O–H groups in total. The van der Waals surface area contributed by atoms with Crippen LogP contribution in [-0.4, -0.2) is 115 Å². The maximum absolute atomic E-state index is 12.0. The second-order valence-electron chi connectivity index (χ2n) is 9.76. The summed E-state index contributed by atoms with van der Waals surface area (Å²) in [6.07, 6.45) is -4.34. The van der Waals surface area contributed by atoms with Gasteiger partial charge in [-0.15, -0.1) is 0 Å². The first-order chi connectivity index (χ1) is 17.6. The molecule has 2 heterocycles. The molecule has 2 amide bonds. The summed E-state index contributed by atoms with van der Waals surface area (Å²) in [5.74, 6) is -0.722. The van der Waals surface area contributed by atoms with Crippen molar-refractivity contribution in [3.05, 3.63) is 0 Å². The van der Waals surface area contributed by atoms with Crippen molar-refractivity contribution >= 4 is 11.8 Å². The first kappa shape index (κ1) is 31.8. The molecule has 2 aliphatic rings. The predicted molar refractivity (Wildman–Crippen MR) is 133 cm³/mol. The molecule has 37 heavy (non-hydrogen) atoms. The molecule has 2 saturated heterocycles. The normalized spacial score (nSPS) is 36.2. The van der Waals surface area contributed by atoms with E-state index >= 15 is 0 Å². The Bertz CT molecular complexity index is 698. The highest BCUT2D eigenvalue weighted by molar-refractivity contribution is 5.73. The van der Waals surface area contributed by atoms with E-state index < -0.39 is 73.6 Å². The first-order valence-corrected chi connectivity index (χ1v) is 13.3. The standard InChI is InChI=1S/C25H46N2O10/c1-6-8-10-33-13-18-23(24(34-11-9-7-2)19(14(3)35-18)26-15(4)29)37-25-20(27-16(5)30)22(32)21(31)17(12-28)36-25/h14,17-25,28,31-32H,6-13H2,1-5H3,(H,26,29)(H,27,30)/t14?,17-,18?,19+,20?,21+,22?,23?,24+,25-/m0/s1. The third-order valence-corrected chi connectivity index (χ3v) is 6.58. The summed E-state index contributed by atoms with van der Waals surface area (Å²) in [7, 11) is 0. The fraction of sp³-hybridized carbons (Fsp3) is 0.920. The van der Waals surface area contributed by atoms with Crippen molar-refractivity contribution in [1.82, 2.24) is 10.6 Å². The molecule has 0 spiro atoms. The van der Waals surface area contributed by atoms with Gasteiger partial charge in [0.15, 0.2) is 6.29 Å². The molecule has 0 aromatic heterocycles. The van der Waals surface area contributed by atoms with Gasteiger partial charge in [-0.2, -0.15) is 0 Å². The summed E-state index contributed by atoms with van der Waals surface area (Å²) < 4.78 is 30.5. The van der Waals surface area contributed by atoms with Crippen LogP contribution in [0.25, 0.3) is 0 Å². The molecular formula is C25H46N2O10. The molecule has 12 nitrogen and oxygen atoms in total. The zero-order chi connectivity index (χ0) is 27.5. The van der Waals surface area contributed by atoms with Gasteiger partial charge in [0, 0.05) is 27.1 Å². The van der Waals surface area contributed by atoms with E-state index in [9.17, 15) is 24.9 Å². The Hall–Kier alpha value is -1.38. The van der Waals surface area contributed by atoms with E-state index in [2.05, 4.69) is 17.6 Å². The lowest BCUT2D eigenvalue weighted by atomic mass is 9.92. The minimum Gasteiger partial charge on any atom is -0.394 e. The highest BCUT2D eigenvalue weighted by Crippen LogP contribution is 2.31. The van der Waals surface area contributed by atoms with E-state index in [1.165, 1.54) is 13.8 Å². The Morgan fingerprint density at radius 3 is 2.08 bits per heavy atom. The van der Waals surface area contributed by atoms with Crippen LogP contribution in [0.4, 0.5) is 0 Å². The van der Waals surface area contributed by atoms with Gasteiger partial charge in [0.05, 0.1) is 25.4 Å². The minimum atomic E-state index is -1.46. The van der Waals surface area contributed by atoms with Gasteiger partial charge in [0.25, 0.3) is 0 Å². The van der Waals surface area contributed by atoms with E-state index in [1.807, 2.05) is 13.8 Å². The van der Waals surface area contributed by atoms with Gasteiger partial charge >= 0.3 is 0 Å². The van der Waals surface area contributed by atoms with Crippen molar-refractivity contribution in [1.29, 1.82) is 0 Å². The molecule has 0 aromatic carbocycles. The molecule has 216 valence electrons. The van der Waals surface area contributed by atoms with E-state index in [1.54, 1.807) is 0 Å². The highest BCUT2D eigenvalue weighted by Gasteiger charge is 2.51. The maximum atomic E-state index is 12.0. The Morgan fingerprint density at radius 1 is 0.865 bits per heavy atom. The lowest BCUT2D eigenvalue weighted by Crippen LogP contribution is -2.69. The lowest BCUT2D eigenvalue weighted by Gasteiger charge is -2.49. The van der Waals surface area contributed by atoms with Crippen LogP contribution >= 0.6 is 0 Å². The van der Waals surface area contributed by atoms with Crippen molar-refractivity contribution in [2.24, 2.45) is 0 Å². The second kappa shape index (κ2) is 15.9. The number of hydrogen-bond donors (Lipinski definition) is 5. The third-order valence-electron chi connectivity index (χ3n) is 6.58. The molecule has 0 aromatic rings. The van der Waals surface area contributed by atoms with Gasteiger partial charge in [-0.05, 0) is 19.8 Å². The van der Waals surface area contributed by atoms with Crippen molar-refractivity contribution in [2.45, 2.75) is 121 Å². The zero-order valence-corrected chi connectivity index (χ0v) is 22.6. The number of aliphatic hydroxyl groups excluding tert-OH is 3. The van der Waals surface area contributed by atoms with Gasteiger partial charge in [0.1, 0.15) is 42.7 Å². The molecule has 0 aliphatic carbocycles. The number of rotatable bonds is 14. The van der Waals surface area contributed by atoms with Crippen LogP contribution in [0.2, 0.25) is 0 Å². The molecule has 5 unspecified atom stereocenters. The lowest BCUT2D eigenvalue weighted by molar-refractivity contribution is -0.317. The summed E-state index contributed by atoms with van der Waals surface area (Å²) in [4.78, 5) is 23.9. The zero-order valence-electron chi connectivity index (χ0n) is 22.6. The van der Waals surface area contributed by atoms with Crippen molar-refractivity contribution in [2.75, 3.05) is 26.4 Å². The van der Waals surface area contributed by atoms with Crippen LogP contribution in [0.15, 0.2) is 0 Å². The van der Waals surface area contributed by atoms with Crippen molar-refractivity contribution in [3.8, 4) is 0 Å². The Kier molecular flexibility index (Phi) is 13.7. The summed E-state index contributed by atoms with van der Waals surface area (Å²) in [5, 5.41) is 36.3. The van der Waals surface area contributed by atoms with Crippen LogP contribution in [0.5, 0.6) is 0 Å². The monoisotopic (exact) mass is 534 g/mol. The number of carbonyl (C=O) groups is 2. The molecule has 0 radical (unpaired) electrons. The quantitative estimate of drug-likeness (QED) is 0.185. The molecule has 12 heteroatoms. The average molecular weight is 535 g/mol. The second-order valence-corrected chi connectivity index (χ2v) is 9.76. The summed E-state index contributed by atoms with van der Waals surface area (Å²) >= 11 is 0. The largest absolute Gasteiger partial charge is 0.394 e. The number of amides is 2. The van der Waals surface area contributed by atoms with Crippen LogP contribution in [0.3, 0.4) is 0 Å². The number of unbranched alkanes of at least 4 members (excludes halogenated alkanes) is 2. The number of hydrogen-bond acceptors (Lipinski definition) is 10. The molecular weight excluding hydrogens is 488 g/mol. The average Bonchev–Trinajstić information content (AvgIpc) is 2.84. The topological polar surface area (TPSA) is 165 Å². The van der Waals surface area contributed by atoms with Crippen LogP contribution < -0.4 is 10.6 Å². The fourth-order valence-electron chi connectivity index (χ4n) is 4.60. The van der Waals surface area contributed by atoms with Gasteiger partial charge in [-0.25, -0.2) is 0 Å². The molecule has 0 bridgehead atoms. The third kappa shape index (κ3) is 9.10. The minimum absolute atomic E-state index is 0.182. The maximum Gasteiger partial charge on any atom is 0.217 e. The molecule has 10 atom stereocenters. The fourth-order valence-corrected chi connectivity index (χ4v) is 4.60. The molecule has 2 fully saturated rings. The van der Waals surface area contributed by atoms with Gasteiger partial charge in [0.2, 0.25) is 11.8 Å². The number of ether oxygens (including phenoxy) is 5. The number of carbonyl (C=O) groups excluding carboxylic acids is 2. The predicted octanol–water partition coefficient (Wildman–Crippen LogP) is -0.391. The Morgan fingerprint density at radius 2 is 1.49 bits per heavy atom. The van der Waals surface area contributed by atoms with E-state index in [0.717, 1.165) is 25.7 Å². The van der Waals surface area contributed by atoms with Crippen LogP contribution in [0.1, 0.15) is 60.3 Å². The molecule has 2 rings (SSSR count). The summed E-state index contributed by atoms with van der Waals surface area (Å²) in [5.41, 5.74) is 0. The van der Waals surface area contributed by atoms with E-state index in [-0.39, 0.29) is 12.5 Å². The van der Waals surface area contributed by atoms with Gasteiger partial charge in [-0.1, -0.05) is 26.7 Å². The van der Waals surface area contributed by atoms with Crippen LogP contribution in [-0.2, 0) is 33.3 Å². The molecule has 2 aliphatic heterocycles. The van der Waals surface area contributed by atoms with Crippen LogP contribution in [0, 0.1) is 0 Å². The Balaban J connectivity index is 2.39. The Labute approximate surface area is 219 Å². The van der Waals surface area contributed by atoms with E-state index in [0.29, 0.717) is 13.2 Å².